The second kappa shape index (κ2) is 11.7. The number of amides is 2. The Morgan fingerprint density at radius 2 is 1.71 bits per heavy atom. The van der Waals surface area contributed by atoms with Gasteiger partial charge < -0.3 is 10.2 Å². The van der Waals surface area contributed by atoms with Crippen molar-refractivity contribution in [1.29, 1.82) is 0 Å². The van der Waals surface area contributed by atoms with Crippen molar-refractivity contribution in [2.45, 2.75) is 51.5 Å². The summed E-state index contributed by atoms with van der Waals surface area (Å²) in [6.45, 7) is 10.3. The zero-order valence-electron chi connectivity index (χ0n) is 17.4. The molecule has 1 N–H and O–H groups in total. The molecule has 2 saturated heterocycles. The summed E-state index contributed by atoms with van der Waals surface area (Å²) < 4.78 is 26.5. The molecule has 0 radical (unpaired) electrons. The lowest BCUT2D eigenvalue weighted by molar-refractivity contribution is -0.117. The molecule has 0 bridgehead atoms. The predicted octanol–water partition coefficient (Wildman–Crippen LogP) is 3.15. The largest absolute Gasteiger partial charge is 0.362 e. The summed E-state index contributed by atoms with van der Waals surface area (Å²) in [5.41, 5.74) is 0.767. The van der Waals surface area contributed by atoms with Crippen LogP contribution in [0.4, 0.5) is 8.78 Å². The first-order chi connectivity index (χ1) is 13.2. The number of carbonyl (C=O) groups is 2. The molecule has 0 spiro atoms. The van der Waals surface area contributed by atoms with E-state index in [1.54, 1.807) is 18.0 Å². The van der Waals surface area contributed by atoms with Gasteiger partial charge in [-0.15, -0.1) is 0 Å². The third kappa shape index (κ3) is 7.92. The Morgan fingerprint density at radius 1 is 1.11 bits per heavy atom. The summed E-state index contributed by atoms with van der Waals surface area (Å²) in [6, 6.07) is 3.91. The van der Waals surface area contributed by atoms with E-state index in [1.165, 1.54) is 18.9 Å². The average molecular weight is 398 g/mol. The number of nitrogens with one attached hydrogen (secondary N) is 1. The highest BCUT2D eigenvalue weighted by Gasteiger charge is 2.32. The number of rotatable bonds is 3. The highest BCUT2D eigenvalue weighted by molar-refractivity contribution is 5.47. The molecule has 0 saturated carbocycles. The number of hydrogen-bond acceptors (Lipinski definition) is 3. The molecule has 0 aliphatic carbocycles. The van der Waals surface area contributed by atoms with Crippen molar-refractivity contribution in [2.24, 2.45) is 0 Å². The molecule has 1 atom stereocenters. The highest BCUT2D eigenvalue weighted by atomic mass is 19.1. The van der Waals surface area contributed by atoms with E-state index in [9.17, 15) is 13.6 Å². The Kier molecular flexibility index (Phi) is 10.1. The zero-order chi connectivity index (χ0) is 21.2. The van der Waals surface area contributed by atoms with E-state index < -0.39 is 11.6 Å². The van der Waals surface area contributed by atoms with Gasteiger partial charge in [0, 0.05) is 44.2 Å². The van der Waals surface area contributed by atoms with Gasteiger partial charge in [0.05, 0.1) is 0 Å². The molecule has 28 heavy (non-hydrogen) atoms. The van der Waals surface area contributed by atoms with Crippen molar-refractivity contribution in [2.75, 3.05) is 33.2 Å². The van der Waals surface area contributed by atoms with Crippen molar-refractivity contribution in [3.63, 3.8) is 0 Å². The van der Waals surface area contributed by atoms with Crippen LogP contribution in [0.1, 0.15) is 51.5 Å². The van der Waals surface area contributed by atoms with Crippen molar-refractivity contribution in [3.05, 3.63) is 35.4 Å². The van der Waals surface area contributed by atoms with Crippen LogP contribution in [0.2, 0.25) is 0 Å². The van der Waals surface area contributed by atoms with Gasteiger partial charge >= 0.3 is 0 Å². The molecule has 2 fully saturated rings. The van der Waals surface area contributed by atoms with Gasteiger partial charge in [-0.3, -0.25) is 14.5 Å². The fraction of sp³-hybridized carbons (Fsp3) is 0.619. The summed E-state index contributed by atoms with van der Waals surface area (Å²) in [5, 5.41) is 2.25. The Balaban J connectivity index is 0.000000293. The second-order valence-electron chi connectivity index (χ2n) is 8.02. The minimum absolute atomic E-state index is 0.116. The molecule has 0 aromatic heterocycles. The molecular weight excluding hydrogens is 364 g/mol. The molecule has 2 amide bonds. The summed E-state index contributed by atoms with van der Waals surface area (Å²) in [5.74, 6) is -0.725. The number of likely N-dealkylation sites (tertiary alicyclic amines) is 2. The molecule has 7 heteroatoms. The van der Waals surface area contributed by atoms with Crippen molar-refractivity contribution >= 4 is 12.8 Å². The first-order valence-corrected chi connectivity index (χ1v) is 9.73. The van der Waals surface area contributed by atoms with Gasteiger partial charge in [0.25, 0.3) is 0 Å². The maximum absolute atomic E-state index is 13.7. The van der Waals surface area contributed by atoms with E-state index in [2.05, 4.69) is 31.0 Å². The quantitative estimate of drug-likeness (QED) is 0.798. The maximum Gasteiger partial charge on any atom is 0.209 e. The topological polar surface area (TPSA) is 52.7 Å². The van der Waals surface area contributed by atoms with Gasteiger partial charge in [-0.1, -0.05) is 6.07 Å². The average Bonchev–Trinajstić information content (AvgIpc) is 3.34. The van der Waals surface area contributed by atoms with Crippen LogP contribution in [0.15, 0.2) is 18.2 Å². The smallest absolute Gasteiger partial charge is 0.209 e. The molecule has 2 aliphatic rings. The minimum atomic E-state index is -0.503. The SMILES string of the molecule is CC(C)(C)N1CCC(c2ccc(F)cc2F)C1.CNC=O.O=CN1CCCC1. The first kappa shape index (κ1) is 24.0. The van der Waals surface area contributed by atoms with Crippen LogP contribution < -0.4 is 5.32 Å². The maximum atomic E-state index is 13.7. The van der Waals surface area contributed by atoms with E-state index in [-0.39, 0.29) is 11.5 Å². The van der Waals surface area contributed by atoms with E-state index in [4.69, 9.17) is 4.79 Å². The molecule has 2 heterocycles. The highest BCUT2D eigenvalue weighted by Crippen LogP contribution is 2.32. The van der Waals surface area contributed by atoms with Gasteiger partial charge in [0.2, 0.25) is 12.8 Å². The van der Waals surface area contributed by atoms with Gasteiger partial charge in [0.1, 0.15) is 11.6 Å². The summed E-state index contributed by atoms with van der Waals surface area (Å²) in [6.07, 6.45) is 4.88. The first-order valence-electron chi connectivity index (χ1n) is 9.73. The van der Waals surface area contributed by atoms with Gasteiger partial charge in [0.15, 0.2) is 0 Å². The van der Waals surface area contributed by atoms with Crippen LogP contribution in [-0.4, -0.2) is 61.4 Å². The number of benzene rings is 1. The fourth-order valence-electron chi connectivity index (χ4n) is 3.30. The van der Waals surface area contributed by atoms with Crippen LogP contribution in [0.5, 0.6) is 0 Å². The third-order valence-electron chi connectivity index (χ3n) is 4.95. The van der Waals surface area contributed by atoms with Crippen molar-refractivity contribution in [3.8, 4) is 0 Å². The van der Waals surface area contributed by atoms with Crippen LogP contribution in [0.25, 0.3) is 0 Å². The van der Waals surface area contributed by atoms with E-state index >= 15 is 0 Å². The third-order valence-corrected chi connectivity index (χ3v) is 4.95. The Morgan fingerprint density at radius 3 is 2.11 bits per heavy atom. The minimum Gasteiger partial charge on any atom is -0.362 e. The molecule has 3 rings (SSSR count). The number of hydrogen-bond donors (Lipinski definition) is 1. The molecule has 158 valence electrons. The second-order valence-corrected chi connectivity index (χ2v) is 8.02. The van der Waals surface area contributed by atoms with Crippen molar-refractivity contribution < 1.29 is 18.4 Å². The van der Waals surface area contributed by atoms with Crippen LogP contribution >= 0.6 is 0 Å². The lowest BCUT2D eigenvalue weighted by Gasteiger charge is -2.31. The molecule has 1 aromatic rings. The van der Waals surface area contributed by atoms with Gasteiger partial charge in [-0.25, -0.2) is 8.78 Å². The lowest BCUT2D eigenvalue weighted by atomic mass is 9.97. The van der Waals surface area contributed by atoms with E-state index in [0.29, 0.717) is 12.0 Å². The zero-order valence-corrected chi connectivity index (χ0v) is 17.4. The summed E-state index contributed by atoms with van der Waals surface area (Å²) in [7, 11) is 1.56. The molecular formula is C21H33F2N3O2. The molecule has 2 aliphatic heterocycles. The van der Waals surface area contributed by atoms with Gasteiger partial charge in [-0.2, -0.15) is 0 Å². The Bertz CT molecular complexity index is 614. The Hall–Kier alpha value is -2.02. The predicted molar refractivity (Wildman–Crippen MR) is 107 cm³/mol. The van der Waals surface area contributed by atoms with Crippen molar-refractivity contribution in [1.82, 2.24) is 15.1 Å². The van der Waals surface area contributed by atoms with E-state index in [0.717, 1.165) is 45.1 Å². The number of halogens is 2. The van der Waals surface area contributed by atoms with E-state index in [1.807, 2.05) is 0 Å². The molecule has 5 nitrogen and oxygen atoms in total. The standard InChI is InChI=1S/C14H19F2N.C5H9NO.C2H5NO/c1-14(2,3)17-7-6-10(9-17)12-5-4-11(15)8-13(12)16;7-5-6-3-1-2-4-6;1-3-2-4/h4-5,8,10H,6-7,9H2,1-3H3;5H,1-4H2;2H,1H3,(H,3,4). The van der Waals surface area contributed by atoms with Crippen LogP contribution in [0.3, 0.4) is 0 Å². The Labute approximate surface area is 167 Å². The van der Waals surface area contributed by atoms with Gasteiger partial charge in [-0.05, 0) is 58.2 Å². The lowest BCUT2D eigenvalue weighted by Crippen LogP contribution is -2.39. The normalized spacial score (nSPS) is 19.2. The van der Waals surface area contributed by atoms with Crippen LogP contribution in [-0.2, 0) is 9.59 Å². The number of carbonyl (C=O) groups excluding carboxylic acids is 2. The monoisotopic (exact) mass is 397 g/mol. The fourth-order valence-corrected chi connectivity index (χ4v) is 3.30. The molecule has 1 aromatic carbocycles. The molecule has 1 unspecified atom stereocenters. The summed E-state index contributed by atoms with van der Waals surface area (Å²) >= 11 is 0. The summed E-state index contributed by atoms with van der Waals surface area (Å²) in [4.78, 5) is 23.1. The van der Waals surface area contributed by atoms with Crippen LogP contribution in [0, 0.1) is 11.6 Å². The number of nitrogens with zero attached hydrogens (tertiary/aromatic N) is 2.